The summed E-state index contributed by atoms with van der Waals surface area (Å²) in [4.78, 5) is 7.01. The Labute approximate surface area is 126 Å². The third-order valence-corrected chi connectivity index (χ3v) is 4.44. The molecule has 1 aliphatic heterocycles. The van der Waals surface area contributed by atoms with Gasteiger partial charge in [0, 0.05) is 37.4 Å². The molecule has 0 amide bonds. The maximum absolute atomic E-state index is 5.49. The van der Waals surface area contributed by atoms with E-state index in [2.05, 4.69) is 15.2 Å². The molecule has 1 saturated heterocycles. The van der Waals surface area contributed by atoms with Crippen LogP contribution in [0.5, 0.6) is 11.5 Å². The van der Waals surface area contributed by atoms with Crippen molar-refractivity contribution in [1.82, 2.24) is 15.2 Å². The highest BCUT2D eigenvalue weighted by Crippen LogP contribution is 2.31. The number of hydrogen-bond acceptors (Lipinski definition) is 5. The maximum Gasteiger partial charge on any atom is 0.183 e. The number of nitrogens with zero attached hydrogens (tertiary/aromatic N) is 2. The maximum atomic E-state index is 5.49. The average Bonchev–Trinajstić information content (AvgIpc) is 3.24. The van der Waals surface area contributed by atoms with Gasteiger partial charge in [0.05, 0.1) is 14.2 Å². The van der Waals surface area contributed by atoms with E-state index in [1.165, 1.54) is 25.7 Å². The van der Waals surface area contributed by atoms with Crippen LogP contribution in [-0.2, 0) is 6.54 Å². The third kappa shape index (κ3) is 3.47. The zero-order valence-corrected chi connectivity index (χ0v) is 13.0. The molecule has 3 rings (SSSR count). The molecule has 1 aromatic rings. The molecule has 1 atom stereocenters. The molecule has 1 saturated carbocycles. The molecule has 1 aromatic heterocycles. The number of hydrogen-bond donors (Lipinski definition) is 1. The van der Waals surface area contributed by atoms with Gasteiger partial charge in [-0.3, -0.25) is 9.88 Å². The molecule has 1 aliphatic carbocycles. The zero-order valence-electron chi connectivity index (χ0n) is 13.0. The van der Waals surface area contributed by atoms with Crippen molar-refractivity contribution in [2.24, 2.45) is 0 Å². The van der Waals surface area contributed by atoms with Gasteiger partial charge in [-0.2, -0.15) is 0 Å². The summed E-state index contributed by atoms with van der Waals surface area (Å²) in [5.74, 6) is 1.52. The highest BCUT2D eigenvalue weighted by molar-refractivity contribution is 5.42. The molecule has 2 aliphatic rings. The first-order chi connectivity index (χ1) is 10.3. The van der Waals surface area contributed by atoms with Gasteiger partial charge in [0.2, 0.25) is 0 Å². The van der Waals surface area contributed by atoms with E-state index in [9.17, 15) is 0 Å². The summed E-state index contributed by atoms with van der Waals surface area (Å²) in [5, 5.41) is 3.65. The molecule has 1 unspecified atom stereocenters. The van der Waals surface area contributed by atoms with Gasteiger partial charge in [0.15, 0.2) is 11.5 Å². The van der Waals surface area contributed by atoms with Crippen molar-refractivity contribution >= 4 is 0 Å². The summed E-state index contributed by atoms with van der Waals surface area (Å²) in [5.41, 5.74) is 0.968. The summed E-state index contributed by atoms with van der Waals surface area (Å²) < 4.78 is 10.9. The van der Waals surface area contributed by atoms with Crippen LogP contribution in [0.1, 0.15) is 31.4 Å². The number of methoxy groups -OCH3 is 2. The first-order valence-electron chi connectivity index (χ1n) is 7.85. The fraction of sp³-hybridized carbons (Fsp3) is 0.688. The Morgan fingerprint density at radius 1 is 1.29 bits per heavy atom. The molecule has 0 radical (unpaired) electrons. The zero-order chi connectivity index (χ0) is 14.7. The number of rotatable bonds is 7. The minimum absolute atomic E-state index is 0.614. The number of aromatic nitrogens is 1. The van der Waals surface area contributed by atoms with Crippen molar-refractivity contribution in [3.05, 3.63) is 18.0 Å². The fourth-order valence-corrected chi connectivity index (χ4v) is 3.08. The van der Waals surface area contributed by atoms with Gasteiger partial charge in [0.25, 0.3) is 0 Å². The van der Waals surface area contributed by atoms with E-state index in [1.54, 1.807) is 20.4 Å². The van der Waals surface area contributed by atoms with Crippen LogP contribution < -0.4 is 14.8 Å². The van der Waals surface area contributed by atoms with Crippen molar-refractivity contribution in [3.8, 4) is 11.5 Å². The van der Waals surface area contributed by atoms with E-state index in [0.29, 0.717) is 6.04 Å². The summed E-state index contributed by atoms with van der Waals surface area (Å²) in [6.45, 7) is 3.06. The van der Waals surface area contributed by atoms with Gasteiger partial charge in [-0.05, 0) is 32.2 Å². The predicted molar refractivity (Wildman–Crippen MR) is 81.8 cm³/mol. The number of ether oxygens (including phenoxy) is 2. The normalized spacial score (nSPS) is 22.5. The highest BCUT2D eigenvalue weighted by Gasteiger charge is 2.28. The fourth-order valence-electron chi connectivity index (χ4n) is 3.08. The van der Waals surface area contributed by atoms with Gasteiger partial charge < -0.3 is 14.8 Å². The van der Waals surface area contributed by atoms with Gasteiger partial charge in [0.1, 0.15) is 5.69 Å². The van der Waals surface area contributed by atoms with Crippen LogP contribution in [0.4, 0.5) is 0 Å². The lowest BCUT2D eigenvalue weighted by atomic mass is 10.2. The predicted octanol–water partition coefficient (Wildman–Crippen LogP) is 1.82. The third-order valence-electron chi connectivity index (χ3n) is 4.44. The Bertz CT molecular complexity index is 477. The largest absolute Gasteiger partial charge is 0.493 e. The van der Waals surface area contributed by atoms with E-state index in [0.717, 1.165) is 42.9 Å². The van der Waals surface area contributed by atoms with Gasteiger partial charge in [-0.1, -0.05) is 0 Å². The molecule has 2 fully saturated rings. The number of nitrogens with one attached hydrogen (secondary N) is 1. The molecular weight excluding hydrogens is 266 g/mol. The van der Waals surface area contributed by atoms with Crippen LogP contribution in [0.15, 0.2) is 12.3 Å². The lowest BCUT2D eigenvalue weighted by Gasteiger charge is -2.25. The lowest BCUT2D eigenvalue weighted by Crippen LogP contribution is -2.38. The van der Waals surface area contributed by atoms with E-state index in [1.807, 2.05) is 6.07 Å². The summed E-state index contributed by atoms with van der Waals surface area (Å²) >= 11 is 0. The van der Waals surface area contributed by atoms with Crippen LogP contribution in [0.2, 0.25) is 0 Å². The molecule has 0 spiro atoms. The lowest BCUT2D eigenvalue weighted by molar-refractivity contribution is 0.231. The minimum atomic E-state index is 0.614. The SMILES string of the molecule is COc1ccnc(CN2CCCC2CNC2CC2)c1OC. The molecule has 5 heteroatoms. The summed E-state index contributed by atoms with van der Waals surface area (Å²) in [7, 11) is 3.35. The van der Waals surface area contributed by atoms with Crippen LogP contribution in [0.3, 0.4) is 0 Å². The first-order valence-corrected chi connectivity index (χ1v) is 7.85. The number of pyridine rings is 1. The van der Waals surface area contributed by atoms with Gasteiger partial charge >= 0.3 is 0 Å². The molecule has 1 N–H and O–H groups in total. The Kier molecular flexibility index (Phi) is 4.60. The quantitative estimate of drug-likeness (QED) is 0.830. The minimum Gasteiger partial charge on any atom is -0.493 e. The van der Waals surface area contributed by atoms with Crippen molar-refractivity contribution in [3.63, 3.8) is 0 Å². The van der Waals surface area contributed by atoms with Crippen molar-refractivity contribution in [2.45, 2.75) is 44.3 Å². The smallest absolute Gasteiger partial charge is 0.183 e. The van der Waals surface area contributed by atoms with E-state index < -0.39 is 0 Å². The number of likely N-dealkylation sites (tertiary alicyclic amines) is 1. The molecule has 5 nitrogen and oxygen atoms in total. The van der Waals surface area contributed by atoms with E-state index >= 15 is 0 Å². The van der Waals surface area contributed by atoms with E-state index in [-0.39, 0.29) is 0 Å². The molecule has 21 heavy (non-hydrogen) atoms. The Morgan fingerprint density at radius 3 is 2.86 bits per heavy atom. The topological polar surface area (TPSA) is 46.6 Å². The second-order valence-corrected chi connectivity index (χ2v) is 5.94. The van der Waals surface area contributed by atoms with Crippen LogP contribution in [0, 0.1) is 0 Å². The Balaban J connectivity index is 1.66. The first kappa shape index (κ1) is 14.6. The molecule has 116 valence electrons. The average molecular weight is 291 g/mol. The molecule has 2 heterocycles. The summed E-state index contributed by atoms with van der Waals surface area (Å²) in [6, 6.07) is 3.23. The standard InChI is InChI=1S/C16H25N3O2/c1-20-15-7-8-17-14(16(15)21-2)11-19-9-3-4-13(19)10-18-12-5-6-12/h7-8,12-13,18H,3-6,9-11H2,1-2H3. The van der Waals surface area contributed by atoms with Crippen molar-refractivity contribution < 1.29 is 9.47 Å². The van der Waals surface area contributed by atoms with Crippen molar-refractivity contribution in [1.29, 1.82) is 0 Å². The Morgan fingerprint density at radius 2 is 2.14 bits per heavy atom. The molecule has 0 bridgehead atoms. The Hall–Kier alpha value is -1.33. The van der Waals surface area contributed by atoms with Crippen LogP contribution in [-0.4, -0.2) is 49.3 Å². The van der Waals surface area contributed by atoms with Gasteiger partial charge in [-0.25, -0.2) is 0 Å². The second kappa shape index (κ2) is 6.62. The van der Waals surface area contributed by atoms with Crippen molar-refractivity contribution in [2.75, 3.05) is 27.3 Å². The van der Waals surface area contributed by atoms with Gasteiger partial charge in [-0.15, -0.1) is 0 Å². The monoisotopic (exact) mass is 291 g/mol. The van der Waals surface area contributed by atoms with Crippen LogP contribution in [0.25, 0.3) is 0 Å². The van der Waals surface area contributed by atoms with E-state index in [4.69, 9.17) is 9.47 Å². The molecule has 0 aromatic carbocycles. The second-order valence-electron chi connectivity index (χ2n) is 5.94. The molecular formula is C16H25N3O2. The highest BCUT2D eigenvalue weighted by atomic mass is 16.5. The summed E-state index contributed by atoms with van der Waals surface area (Å²) in [6.07, 6.45) is 7.02. The van der Waals surface area contributed by atoms with Crippen LogP contribution >= 0.6 is 0 Å².